The third kappa shape index (κ3) is 3.82. The second-order valence-electron chi connectivity index (χ2n) is 6.13. The molecule has 2 aromatic carbocycles. The number of rotatable bonds is 5. The molecular weight excluding hydrogens is 348 g/mol. The highest BCUT2D eigenvalue weighted by atomic mass is 32.2. The lowest BCUT2D eigenvalue weighted by atomic mass is 10.2. The first-order valence-electron chi connectivity index (χ1n) is 7.93. The Hall–Kier alpha value is -2.95. The van der Waals surface area contributed by atoms with Gasteiger partial charge in [0.15, 0.2) is 5.69 Å². The van der Waals surface area contributed by atoms with Crippen molar-refractivity contribution in [2.45, 2.75) is 11.4 Å². The van der Waals surface area contributed by atoms with Crippen LogP contribution in [0.1, 0.15) is 5.69 Å². The van der Waals surface area contributed by atoms with Gasteiger partial charge in [0, 0.05) is 11.9 Å². The molecule has 0 aliphatic rings. The van der Waals surface area contributed by atoms with E-state index in [-0.39, 0.29) is 10.6 Å². The highest BCUT2D eigenvalue weighted by Crippen LogP contribution is 2.26. The number of aromatic nitrogens is 1. The Morgan fingerprint density at radius 1 is 1.12 bits per heavy atom. The van der Waals surface area contributed by atoms with Gasteiger partial charge in [-0.05, 0) is 38.4 Å². The summed E-state index contributed by atoms with van der Waals surface area (Å²) in [6.45, 7) is 7.71. The van der Waals surface area contributed by atoms with Crippen molar-refractivity contribution in [3.63, 3.8) is 0 Å². The Labute approximate surface area is 153 Å². The maximum absolute atomic E-state index is 12.7. The van der Waals surface area contributed by atoms with E-state index in [4.69, 9.17) is 6.57 Å². The first-order chi connectivity index (χ1) is 12.4. The summed E-state index contributed by atoms with van der Waals surface area (Å²) in [4.78, 5) is 9.94. The van der Waals surface area contributed by atoms with E-state index in [1.54, 1.807) is 24.3 Å². The lowest BCUT2D eigenvalue weighted by molar-refractivity contribution is 0.397. The maximum Gasteiger partial charge on any atom is 0.260 e. The number of nitrogens with one attached hydrogen (secondary N) is 1. The average Bonchev–Trinajstić information content (AvgIpc) is 2.61. The van der Waals surface area contributed by atoms with Gasteiger partial charge in [-0.3, -0.25) is 4.72 Å². The summed E-state index contributed by atoms with van der Waals surface area (Å²) in [5.41, 5.74) is 2.13. The van der Waals surface area contributed by atoms with Crippen molar-refractivity contribution >= 4 is 32.3 Å². The van der Waals surface area contributed by atoms with Crippen LogP contribution in [0, 0.1) is 6.57 Å². The Morgan fingerprint density at radius 3 is 2.62 bits per heavy atom. The number of anilines is 1. The molecular formula is C19H18N4O2S. The third-order valence-electron chi connectivity index (χ3n) is 3.76. The van der Waals surface area contributed by atoms with Gasteiger partial charge in [-0.25, -0.2) is 18.2 Å². The van der Waals surface area contributed by atoms with Crippen LogP contribution in [0.25, 0.3) is 15.7 Å². The van der Waals surface area contributed by atoms with Gasteiger partial charge in [0.2, 0.25) is 0 Å². The molecule has 0 fully saturated rings. The van der Waals surface area contributed by atoms with Crippen LogP contribution in [0.2, 0.25) is 0 Å². The quantitative estimate of drug-likeness (QED) is 0.700. The minimum absolute atomic E-state index is 0.0486. The van der Waals surface area contributed by atoms with Crippen LogP contribution in [0.3, 0.4) is 0 Å². The van der Waals surface area contributed by atoms with E-state index in [1.165, 1.54) is 12.1 Å². The molecule has 3 aromatic rings. The van der Waals surface area contributed by atoms with Crippen LogP contribution in [-0.4, -0.2) is 32.4 Å². The molecule has 1 N–H and O–H groups in total. The number of hydrogen-bond acceptors (Lipinski definition) is 4. The first kappa shape index (κ1) is 17.9. The zero-order chi connectivity index (χ0) is 18.7. The molecule has 0 bridgehead atoms. The van der Waals surface area contributed by atoms with Gasteiger partial charge in [0.05, 0.1) is 28.4 Å². The van der Waals surface area contributed by atoms with E-state index in [2.05, 4.69) is 14.6 Å². The predicted octanol–water partition coefficient (Wildman–Crippen LogP) is 3.65. The van der Waals surface area contributed by atoms with E-state index < -0.39 is 10.0 Å². The van der Waals surface area contributed by atoms with E-state index in [1.807, 2.05) is 37.2 Å². The summed E-state index contributed by atoms with van der Waals surface area (Å²) in [5.74, 6) is 0. The Bertz CT molecular complexity index is 1100. The van der Waals surface area contributed by atoms with Crippen LogP contribution in [0.15, 0.2) is 59.5 Å². The van der Waals surface area contributed by atoms with Gasteiger partial charge in [-0.15, -0.1) is 0 Å². The smallest absolute Gasteiger partial charge is 0.260 e. The fourth-order valence-electron chi connectivity index (χ4n) is 2.61. The third-order valence-corrected chi connectivity index (χ3v) is 5.12. The van der Waals surface area contributed by atoms with Crippen molar-refractivity contribution in [3.05, 3.63) is 71.7 Å². The summed E-state index contributed by atoms with van der Waals surface area (Å²) >= 11 is 0. The van der Waals surface area contributed by atoms with Crippen molar-refractivity contribution in [1.82, 2.24) is 9.88 Å². The summed E-state index contributed by atoms with van der Waals surface area (Å²) in [6, 6.07) is 15.2. The number of sulfonamides is 1. The summed E-state index contributed by atoms with van der Waals surface area (Å²) in [7, 11) is 0.0814. The van der Waals surface area contributed by atoms with Crippen molar-refractivity contribution in [3.8, 4) is 0 Å². The van der Waals surface area contributed by atoms with Crippen molar-refractivity contribution in [2.75, 3.05) is 18.8 Å². The molecule has 0 radical (unpaired) electrons. The normalized spacial score (nSPS) is 11.5. The van der Waals surface area contributed by atoms with E-state index in [9.17, 15) is 8.42 Å². The molecule has 1 heterocycles. The van der Waals surface area contributed by atoms with Crippen molar-refractivity contribution in [1.29, 1.82) is 0 Å². The highest BCUT2D eigenvalue weighted by Gasteiger charge is 2.16. The molecule has 0 aliphatic heterocycles. The van der Waals surface area contributed by atoms with Crippen LogP contribution < -0.4 is 4.72 Å². The minimum Gasteiger partial charge on any atom is -0.304 e. The molecule has 1 aromatic heterocycles. The Kier molecular flexibility index (Phi) is 4.89. The van der Waals surface area contributed by atoms with Gasteiger partial charge < -0.3 is 4.90 Å². The second kappa shape index (κ2) is 7.12. The molecule has 6 nitrogen and oxygen atoms in total. The zero-order valence-corrected chi connectivity index (χ0v) is 15.3. The SMILES string of the molecule is [C-]#[N+]c1cccc(S(=O)(=O)Nc2cccc3ccc(CN(C)C)nc23)c1. The van der Waals surface area contributed by atoms with Crippen LogP contribution in [0.5, 0.6) is 0 Å². The summed E-state index contributed by atoms with van der Waals surface area (Å²) in [6.07, 6.45) is 0. The number of para-hydroxylation sites is 1. The summed E-state index contributed by atoms with van der Waals surface area (Å²) in [5, 5.41) is 0.850. The molecule has 0 unspecified atom stereocenters. The number of fused-ring (bicyclic) bond motifs is 1. The van der Waals surface area contributed by atoms with Crippen LogP contribution >= 0.6 is 0 Å². The van der Waals surface area contributed by atoms with Gasteiger partial charge in [-0.2, -0.15) is 0 Å². The molecule has 132 valence electrons. The molecule has 0 amide bonds. The molecule has 0 saturated heterocycles. The molecule has 26 heavy (non-hydrogen) atoms. The van der Waals surface area contributed by atoms with Gasteiger partial charge in [0.25, 0.3) is 10.0 Å². The zero-order valence-electron chi connectivity index (χ0n) is 14.5. The molecule has 0 atom stereocenters. The minimum atomic E-state index is -3.82. The molecule has 3 rings (SSSR count). The Morgan fingerprint density at radius 2 is 1.88 bits per heavy atom. The van der Waals surface area contributed by atoms with Gasteiger partial charge in [-0.1, -0.05) is 30.3 Å². The van der Waals surface area contributed by atoms with Crippen molar-refractivity contribution in [2.24, 2.45) is 0 Å². The highest BCUT2D eigenvalue weighted by molar-refractivity contribution is 7.92. The van der Waals surface area contributed by atoms with Crippen LogP contribution in [0.4, 0.5) is 11.4 Å². The fraction of sp³-hybridized carbons (Fsp3) is 0.158. The van der Waals surface area contributed by atoms with Gasteiger partial charge >= 0.3 is 0 Å². The Balaban J connectivity index is 2.03. The number of benzene rings is 2. The first-order valence-corrected chi connectivity index (χ1v) is 9.41. The van der Waals surface area contributed by atoms with Crippen LogP contribution in [-0.2, 0) is 16.6 Å². The average molecular weight is 366 g/mol. The number of pyridine rings is 1. The van der Waals surface area contributed by atoms with E-state index >= 15 is 0 Å². The van der Waals surface area contributed by atoms with E-state index in [0.29, 0.717) is 17.7 Å². The fourth-order valence-corrected chi connectivity index (χ4v) is 3.71. The maximum atomic E-state index is 12.7. The van der Waals surface area contributed by atoms with Gasteiger partial charge in [0.1, 0.15) is 0 Å². The number of nitrogens with zero attached hydrogens (tertiary/aromatic N) is 3. The second-order valence-corrected chi connectivity index (χ2v) is 7.81. The molecule has 0 saturated carbocycles. The molecule has 0 spiro atoms. The number of hydrogen-bond donors (Lipinski definition) is 1. The topological polar surface area (TPSA) is 66.7 Å². The predicted molar refractivity (Wildman–Crippen MR) is 103 cm³/mol. The molecule has 0 aliphatic carbocycles. The summed E-state index contributed by atoms with van der Waals surface area (Å²) < 4.78 is 28.1. The largest absolute Gasteiger partial charge is 0.304 e. The standard InChI is InChI=1S/C19H18N4O2S/c1-20-15-7-5-8-17(12-15)26(24,25)22-18-9-4-6-14-10-11-16(13-23(2)3)21-19(14)18/h4-12,22H,13H2,2-3H3. The lowest BCUT2D eigenvalue weighted by Gasteiger charge is -2.13. The monoisotopic (exact) mass is 366 g/mol. The van der Waals surface area contributed by atoms with E-state index in [0.717, 1.165) is 11.1 Å². The van der Waals surface area contributed by atoms with Crippen molar-refractivity contribution < 1.29 is 8.42 Å². The molecule has 7 heteroatoms. The lowest BCUT2D eigenvalue weighted by Crippen LogP contribution is -2.14.